The molecular formula is C9H12O2. The SMILES string of the molecule is C=C1CC2(C=C1C)OCCO2. The van der Waals surface area contributed by atoms with Gasteiger partial charge in [0.25, 0.3) is 0 Å². The van der Waals surface area contributed by atoms with Crippen LogP contribution < -0.4 is 0 Å². The molecule has 0 amide bonds. The van der Waals surface area contributed by atoms with Crippen LogP contribution in [-0.4, -0.2) is 19.0 Å². The molecule has 0 aromatic rings. The van der Waals surface area contributed by atoms with E-state index in [0.717, 1.165) is 12.0 Å². The van der Waals surface area contributed by atoms with Crippen molar-refractivity contribution in [1.29, 1.82) is 0 Å². The lowest BCUT2D eigenvalue weighted by Crippen LogP contribution is -2.23. The molecule has 2 rings (SSSR count). The number of hydrogen-bond acceptors (Lipinski definition) is 2. The number of allylic oxidation sites excluding steroid dienone is 1. The van der Waals surface area contributed by atoms with Crippen LogP contribution in [0.25, 0.3) is 0 Å². The summed E-state index contributed by atoms with van der Waals surface area (Å²) in [5.41, 5.74) is 2.33. The highest BCUT2D eigenvalue weighted by Crippen LogP contribution is 2.37. The summed E-state index contributed by atoms with van der Waals surface area (Å²) < 4.78 is 11.0. The molecule has 1 aliphatic carbocycles. The van der Waals surface area contributed by atoms with Gasteiger partial charge >= 0.3 is 0 Å². The van der Waals surface area contributed by atoms with Gasteiger partial charge < -0.3 is 9.47 Å². The Morgan fingerprint density at radius 2 is 2.09 bits per heavy atom. The average molecular weight is 152 g/mol. The minimum Gasteiger partial charge on any atom is -0.344 e. The quantitative estimate of drug-likeness (QED) is 0.525. The Kier molecular flexibility index (Phi) is 1.41. The molecule has 0 atom stereocenters. The van der Waals surface area contributed by atoms with Gasteiger partial charge in [-0.15, -0.1) is 0 Å². The third kappa shape index (κ3) is 1.03. The second-order valence-corrected chi connectivity index (χ2v) is 3.12. The first-order valence-corrected chi connectivity index (χ1v) is 3.87. The van der Waals surface area contributed by atoms with E-state index in [4.69, 9.17) is 9.47 Å². The van der Waals surface area contributed by atoms with Gasteiger partial charge in [0.2, 0.25) is 0 Å². The van der Waals surface area contributed by atoms with Crippen molar-refractivity contribution in [2.24, 2.45) is 0 Å². The molecule has 2 nitrogen and oxygen atoms in total. The molecule has 0 saturated carbocycles. The predicted molar refractivity (Wildman–Crippen MR) is 42.1 cm³/mol. The fraction of sp³-hybridized carbons (Fsp3) is 0.556. The molecule has 2 heteroatoms. The molecule has 1 fully saturated rings. The van der Waals surface area contributed by atoms with Crippen molar-refractivity contribution < 1.29 is 9.47 Å². The fourth-order valence-corrected chi connectivity index (χ4v) is 1.58. The molecule has 60 valence electrons. The van der Waals surface area contributed by atoms with Gasteiger partial charge in [-0.25, -0.2) is 0 Å². The van der Waals surface area contributed by atoms with Crippen LogP contribution in [0.15, 0.2) is 23.8 Å². The Hall–Kier alpha value is -0.600. The fourth-order valence-electron chi connectivity index (χ4n) is 1.58. The van der Waals surface area contributed by atoms with Crippen molar-refractivity contribution in [2.45, 2.75) is 19.1 Å². The Morgan fingerprint density at radius 1 is 1.45 bits per heavy atom. The van der Waals surface area contributed by atoms with Gasteiger partial charge in [-0.1, -0.05) is 6.58 Å². The Labute approximate surface area is 66.5 Å². The zero-order valence-corrected chi connectivity index (χ0v) is 6.72. The average Bonchev–Trinajstić information content (AvgIpc) is 2.46. The summed E-state index contributed by atoms with van der Waals surface area (Å²) in [6.45, 7) is 7.38. The van der Waals surface area contributed by atoms with E-state index in [9.17, 15) is 0 Å². The topological polar surface area (TPSA) is 18.5 Å². The Morgan fingerprint density at radius 3 is 2.55 bits per heavy atom. The summed E-state index contributed by atoms with van der Waals surface area (Å²) >= 11 is 0. The Balaban J connectivity index is 2.25. The molecule has 2 aliphatic rings. The zero-order chi connectivity index (χ0) is 7.90. The van der Waals surface area contributed by atoms with E-state index in [2.05, 4.69) is 6.58 Å². The smallest absolute Gasteiger partial charge is 0.192 e. The second-order valence-electron chi connectivity index (χ2n) is 3.12. The molecule has 0 aromatic carbocycles. The summed E-state index contributed by atoms with van der Waals surface area (Å²) in [6, 6.07) is 0. The number of hydrogen-bond donors (Lipinski definition) is 0. The van der Waals surface area contributed by atoms with Gasteiger partial charge in [-0.2, -0.15) is 0 Å². The number of rotatable bonds is 0. The van der Waals surface area contributed by atoms with Crippen LogP contribution in [0, 0.1) is 0 Å². The second kappa shape index (κ2) is 2.19. The third-order valence-electron chi connectivity index (χ3n) is 2.23. The molecule has 1 heterocycles. The first kappa shape index (κ1) is 7.07. The molecular weight excluding hydrogens is 140 g/mol. The van der Waals surface area contributed by atoms with Gasteiger partial charge in [-0.05, 0) is 24.1 Å². The van der Waals surface area contributed by atoms with Gasteiger partial charge in [0, 0.05) is 6.42 Å². The highest BCUT2D eigenvalue weighted by Gasteiger charge is 2.39. The highest BCUT2D eigenvalue weighted by molar-refractivity contribution is 5.36. The van der Waals surface area contributed by atoms with Crippen molar-refractivity contribution in [3.8, 4) is 0 Å². The predicted octanol–water partition coefficient (Wildman–Crippen LogP) is 1.64. The lowest BCUT2D eigenvalue weighted by Gasteiger charge is -2.18. The normalized spacial score (nSPS) is 28.1. The van der Waals surface area contributed by atoms with Crippen molar-refractivity contribution >= 4 is 0 Å². The van der Waals surface area contributed by atoms with E-state index in [-0.39, 0.29) is 0 Å². The van der Waals surface area contributed by atoms with E-state index in [1.807, 2.05) is 13.0 Å². The highest BCUT2D eigenvalue weighted by atomic mass is 16.7. The van der Waals surface area contributed by atoms with Crippen LogP contribution in [-0.2, 0) is 9.47 Å². The van der Waals surface area contributed by atoms with Crippen LogP contribution in [0.2, 0.25) is 0 Å². The summed E-state index contributed by atoms with van der Waals surface area (Å²) in [5, 5.41) is 0. The molecule has 11 heavy (non-hydrogen) atoms. The first-order valence-electron chi connectivity index (χ1n) is 3.87. The maximum Gasteiger partial charge on any atom is 0.192 e. The lowest BCUT2D eigenvalue weighted by atomic mass is 10.2. The van der Waals surface area contributed by atoms with Crippen LogP contribution in [0.1, 0.15) is 13.3 Å². The number of ether oxygens (including phenoxy) is 2. The van der Waals surface area contributed by atoms with E-state index < -0.39 is 5.79 Å². The van der Waals surface area contributed by atoms with Crippen molar-refractivity contribution in [3.05, 3.63) is 23.8 Å². The molecule has 0 aromatic heterocycles. The van der Waals surface area contributed by atoms with E-state index in [1.165, 1.54) is 5.57 Å². The zero-order valence-electron chi connectivity index (χ0n) is 6.72. The third-order valence-corrected chi connectivity index (χ3v) is 2.23. The summed E-state index contributed by atoms with van der Waals surface area (Å²) in [5.74, 6) is -0.429. The van der Waals surface area contributed by atoms with Crippen LogP contribution in [0.5, 0.6) is 0 Å². The van der Waals surface area contributed by atoms with Crippen LogP contribution >= 0.6 is 0 Å². The summed E-state index contributed by atoms with van der Waals surface area (Å²) in [4.78, 5) is 0. The van der Waals surface area contributed by atoms with Crippen LogP contribution in [0.4, 0.5) is 0 Å². The summed E-state index contributed by atoms with van der Waals surface area (Å²) in [6.07, 6.45) is 2.83. The molecule has 0 unspecified atom stereocenters. The first-order chi connectivity index (χ1) is 5.22. The minimum absolute atomic E-state index is 0.429. The van der Waals surface area contributed by atoms with Crippen LogP contribution in [0.3, 0.4) is 0 Å². The molecule has 0 bridgehead atoms. The van der Waals surface area contributed by atoms with Gasteiger partial charge in [0.05, 0.1) is 13.2 Å². The van der Waals surface area contributed by atoms with E-state index in [1.54, 1.807) is 0 Å². The van der Waals surface area contributed by atoms with Gasteiger partial charge in [-0.3, -0.25) is 0 Å². The molecule has 0 radical (unpaired) electrons. The monoisotopic (exact) mass is 152 g/mol. The summed E-state index contributed by atoms with van der Waals surface area (Å²) in [7, 11) is 0. The maximum atomic E-state index is 5.48. The molecule has 1 saturated heterocycles. The molecule has 1 aliphatic heterocycles. The minimum atomic E-state index is -0.429. The maximum absolute atomic E-state index is 5.48. The largest absolute Gasteiger partial charge is 0.344 e. The molecule has 1 spiro atoms. The van der Waals surface area contributed by atoms with Crippen molar-refractivity contribution in [2.75, 3.05) is 13.2 Å². The standard InChI is InChI=1S/C9H12O2/c1-7-5-9(6-8(7)2)10-3-4-11-9/h6H,1,3-5H2,2H3. The van der Waals surface area contributed by atoms with Gasteiger partial charge in [0.15, 0.2) is 5.79 Å². The van der Waals surface area contributed by atoms with Gasteiger partial charge in [0.1, 0.15) is 0 Å². The van der Waals surface area contributed by atoms with Crippen molar-refractivity contribution in [1.82, 2.24) is 0 Å². The Bertz CT molecular complexity index is 222. The van der Waals surface area contributed by atoms with Crippen molar-refractivity contribution in [3.63, 3.8) is 0 Å². The molecule has 0 N–H and O–H groups in total. The lowest BCUT2D eigenvalue weighted by molar-refractivity contribution is -0.110. The van der Waals surface area contributed by atoms with E-state index >= 15 is 0 Å². The van der Waals surface area contributed by atoms with E-state index in [0.29, 0.717) is 13.2 Å².